The number of ketones is 3. The number of phenolic OH excluding ortho intramolecular Hbond substituents is 2. The summed E-state index contributed by atoms with van der Waals surface area (Å²) < 4.78 is 17.0. The largest absolute Gasteiger partial charge is 0.507 e. The van der Waals surface area contributed by atoms with Gasteiger partial charge in [0.25, 0.3) is 0 Å². The quantitative estimate of drug-likeness (QED) is 0.235. The number of aliphatic hydroxyl groups excluding tert-OH is 2. The van der Waals surface area contributed by atoms with Gasteiger partial charge >= 0.3 is 0 Å². The molecule has 1 heterocycles. The van der Waals surface area contributed by atoms with Crippen LogP contribution in [0.5, 0.6) is 17.2 Å². The Bertz CT molecular complexity index is 1380. The standard InChI is InChI=1S/C27H29NO11/c1-10-22(31)13(28)6-17(38-10)39-15-8-27(36,16(30)9-29)7-12-19(15)26(35)21-20(24(12)33)23(32)11-4-3-5-14(37-2)18(11)25(21)34/h3-5,10,13,15,17,22,29,31,33,35-36H,6-9,28H2,1-2H3/t10-,13-,15-,17+,22+,27+/m1/s1. The van der Waals surface area contributed by atoms with Crippen LogP contribution in [0, 0.1) is 0 Å². The van der Waals surface area contributed by atoms with Gasteiger partial charge in [0.15, 0.2) is 17.9 Å². The van der Waals surface area contributed by atoms with Crippen molar-refractivity contribution in [3.63, 3.8) is 0 Å². The van der Waals surface area contributed by atoms with E-state index in [4.69, 9.17) is 19.9 Å². The Morgan fingerprint density at radius 3 is 2.49 bits per heavy atom. The van der Waals surface area contributed by atoms with Gasteiger partial charge in [-0.15, -0.1) is 0 Å². The van der Waals surface area contributed by atoms with Gasteiger partial charge in [-0.05, 0) is 13.0 Å². The molecule has 0 radical (unpaired) electrons. The number of hydrogen-bond donors (Lipinski definition) is 6. The highest BCUT2D eigenvalue weighted by Gasteiger charge is 2.50. The number of carbonyl (C=O) groups is 3. The first-order valence-corrected chi connectivity index (χ1v) is 12.4. The number of phenols is 2. The number of hydrogen-bond acceptors (Lipinski definition) is 12. The molecule has 12 heteroatoms. The summed E-state index contributed by atoms with van der Waals surface area (Å²) >= 11 is 0. The third-order valence-electron chi connectivity index (χ3n) is 7.81. The minimum Gasteiger partial charge on any atom is -0.507 e. The van der Waals surface area contributed by atoms with Crippen molar-refractivity contribution < 1.29 is 54.1 Å². The van der Waals surface area contributed by atoms with E-state index in [-0.39, 0.29) is 34.4 Å². The van der Waals surface area contributed by atoms with E-state index < -0.39 is 95.7 Å². The van der Waals surface area contributed by atoms with Crippen LogP contribution in [0.25, 0.3) is 0 Å². The predicted molar refractivity (Wildman–Crippen MR) is 132 cm³/mol. The van der Waals surface area contributed by atoms with Crippen molar-refractivity contribution in [1.82, 2.24) is 0 Å². The Morgan fingerprint density at radius 1 is 1.15 bits per heavy atom. The molecule has 3 aliphatic rings. The van der Waals surface area contributed by atoms with Gasteiger partial charge in [0.1, 0.15) is 29.5 Å². The van der Waals surface area contributed by atoms with Crippen molar-refractivity contribution >= 4 is 17.3 Å². The number of methoxy groups -OCH3 is 1. The molecule has 0 amide bonds. The van der Waals surface area contributed by atoms with Crippen molar-refractivity contribution in [2.75, 3.05) is 13.7 Å². The summed E-state index contributed by atoms with van der Waals surface area (Å²) in [4.78, 5) is 39.7. The van der Waals surface area contributed by atoms with Crippen molar-refractivity contribution in [3.05, 3.63) is 51.6 Å². The van der Waals surface area contributed by atoms with Crippen LogP contribution in [-0.4, -0.2) is 86.7 Å². The summed E-state index contributed by atoms with van der Waals surface area (Å²) in [7, 11) is 1.32. The van der Waals surface area contributed by atoms with Crippen LogP contribution in [0.2, 0.25) is 0 Å². The average Bonchev–Trinajstić information content (AvgIpc) is 2.90. The van der Waals surface area contributed by atoms with Gasteiger partial charge < -0.3 is 45.5 Å². The minimum atomic E-state index is -2.24. The number of carbonyl (C=O) groups excluding carboxylic acids is 3. The van der Waals surface area contributed by atoms with E-state index >= 15 is 0 Å². The lowest BCUT2D eigenvalue weighted by atomic mass is 9.72. The fraction of sp³-hybridized carbons (Fsp3) is 0.444. The Balaban J connectivity index is 1.69. The summed E-state index contributed by atoms with van der Waals surface area (Å²) in [5.41, 5.74) is 2.37. The Kier molecular flexibility index (Phi) is 6.74. The fourth-order valence-corrected chi connectivity index (χ4v) is 5.75. The third kappa shape index (κ3) is 4.11. The summed E-state index contributed by atoms with van der Waals surface area (Å²) in [5.74, 6) is -3.77. The number of ether oxygens (including phenoxy) is 3. The topological polar surface area (TPSA) is 206 Å². The zero-order chi connectivity index (χ0) is 28.4. The molecule has 2 aliphatic carbocycles. The van der Waals surface area contributed by atoms with Crippen molar-refractivity contribution in [2.24, 2.45) is 5.73 Å². The Hall–Kier alpha value is -3.39. The van der Waals surface area contributed by atoms with Crippen LogP contribution in [0.3, 0.4) is 0 Å². The highest BCUT2D eigenvalue weighted by Crippen LogP contribution is 2.52. The highest BCUT2D eigenvalue weighted by molar-refractivity contribution is 6.31. The maximum atomic E-state index is 13.6. The first kappa shape index (κ1) is 27.2. The molecule has 12 nitrogen and oxygen atoms in total. The van der Waals surface area contributed by atoms with Crippen molar-refractivity contribution in [2.45, 2.75) is 62.4 Å². The highest BCUT2D eigenvalue weighted by atomic mass is 16.7. The number of fused-ring (bicyclic) bond motifs is 3. The molecular weight excluding hydrogens is 514 g/mol. The molecule has 1 fully saturated rings. The van der Waals surface area contributed by atoms with Gasteiger partial charge in [0.05, 0.1) is 42.1 Å². The number of rotatable bonds is 5. The molecule has 0 aromatic heterocycles. The molecule has 6 atom stereocenters. The number of benzene rings is 2. The lowest BCUT2D eigenvalue weighted by Gasteiger charge is -2.42. The average molecular weight is 544 g/mol. The molecule has 1 aliphatic heterocycles. The first-order valence-electron chi connectivity index (χ1n) is 12.4. The number of aliphatic hydroxyl groups is 3. The van der Waals surface area contributed by atoms with Gasteiger partial charge in [0.2, 0.25) is 5.78 Å². The molecule has 0 unspecified atom stereocenters. The summed E-state index contributed by atoms with van der Waals surface area (Å²) in [6.45, 7) is 0.560. The van der Waals surface area contributed by atoms with Crippen LogP contribution in [0.15, 0.2) is 18.2 Å². The lowest BCUT2D eigenvalue weighted by molar-refractivity contribution is -0.247. The molecular formula is C27H29NO11. The van der Waals surface area contributed by atoms with Crippen LogP contribution in [0.4, 0.5) is 0 Å². The number of aromatic hydroxyl groups is 2. The fourth-order valence-electron chi connectivity index (χ4n) is 5.75. The van der Waals surface area contributed by atoms with E-state index in [9.17, 15) is 39.9 Å². The Morgan fingerprint density at radius 2 is 1.85 bits per heavy atom. The van der Waals surface area contributed by atoms with Gasteiger partial charge in [-0.3, -0.25) is 14.4 Å². The van der Waals surface area contributed by atoms with Crippen molar-refractivity contribution in [1.29, 1.82) is 0 Å². The SMILES string of the molecule is COc1cccc2c1C(=O)c1c(O)c3c(c(O)c1C2=O)C[C@@](O)(C(=O)CO)C[C@H]3O[C@H]1C[C@@H](N)[C@@H](O)[C@@H](C)O1. The maximum absolute atomic E-state index is 13.6. The van der Waals surface area contributed by atoms with E-state index in [0.717, 1.165) is 0 Å². The number of nitrogens with two attached hydrogens (primary N) is 1. The zero-order valence-corrected chi connectivity index (χ0v) is 21.2. The molecule has 208 valence electrons. The van der Waals surface area contributed by atoms with Gasteiger partial charge in [0, 0.05) is 42.0 Å². The molecule has 5 rings (SSSR count). The summed E-state index contributed by atoms with van der Waals surface area (Å²) in [5, 5.41) is 53.7. The lowest BCUT2D eigenvalue weighted by Crippen LogP contribution is -2.53. The Labute approximate surface area is 222 Å². The molecule has 0 bridgehead atoms. The monoisotopic (exact) mass is 543 g/mol. The van der Waals surface area contributed by atoms with Gasteiger partial charge in [-0.1, -0.05) is 12.1 Å². The van der Waals surface area contributed by atoms with E-state index in [2.05, 4.69) is 0 Å². The van der Waals surface area contributed by atoms with E-state index in [1.54, 1.807) is 6.92 Å². The third-order valence-corrected chi connectivity index (χ3v) is 7.81. The van der Waals surface area contributed by atoms with E-state index in [1.807, 2.05) is 0 Å². The van der Waals surface area contributed by atoms with E-state index in [1.165, 1.54) is 25.3 Å². The molecule has 7 N–H and O–H groups in total. The van der Waals surface area contributed by atoms with Crippen LogP contribution in [-0.2, 0) is 20.7 Å². The molecule has 0 spiro atoms. The molecule has 2 aromatic rings. The van der Waals surface area contributed by atoms with Crippen LogP contribution >= 0.6 is 0 Å². The summed E-state index contributed by atoms with van der Waals surface area (Å²) in [6, 6.07) is 3.64. The molecule has 0 saturated carbocycles. The normalized spacial score (nSPS) is 29.8. The number of Topliss-reactive ketones (excluding diaryl/α,β-unsaturated/α-hetero) is 1. The van der Waals surface area contributed by atoms with Crippen molar-refractivity contribution in [3.8, 4) is 17.2 Å². The minimum absolute atomic E-state index is 0.0173. The van der Waals surface area contributed by atoms with Gasteiger partial charge in [-0.2, -0.15) is 0 Å². The summed E-state index contributed by atoms with van der Waals surface area (Å²) in [6.07, 6.45) is -5.12. The molecule has 39 heavy (non-hydrogen) atoms. The maximum Gasteiger partial charge on any atom is 0.202 e. The van der Waals surface area contributed by atoms with E-state index in [0.29, 0.717) is 0 Å². The predicted octanol–water partition coefficient (Wildman–Crippen LogP) is 0.00130. The molecule has 2 aromatic carbocycles. The zero-order valence-electron chi connectivity index (χ0n) is 21.2. The smallest absolute Gasteiger partial charge is 0.202 e. The van der Waals surface area contributed by atoms with Crippen LogP contribution in [0.1, 0.15) is 68.8 Å². The van der Waals surface area contributed by atoms with Crippen LogP contribution < -0.4 is 10.5 Å². The first-order chi connectivity index (χ1) is 18.4. The molecule has 1 saturated heterocycles. The second kappa shape index (κ2) is 9.66. The second-order valence-corrected chi connectivity index (χ2v) is 10.2. The second-order valence-electron chi connectivity index (χ2n) is 10.2. The van der Waals surface area contributed by atoms with Gasteiger partial charge in [-0.25, -0.2) is 0 Å².